The van der Waals surface area contributed by atoms with Crippen LogP contribution in [0.4, 0.5) is 0 Å². The van der Waals surface area contributed by atoms with Gasteiger partial charge in [0, 0.05) is 11.8 Å². The quantitative estimate of drug-likeness (QED) is 0.574. The molecule has 0 aromatic heterocycles. The third-order valence-electron chi connectivity index (χ3n) is 1.54. The summed E-state index contributed by atoms with van der Waals surface area (Å²) in [5.74, 6) is 1.21. The molecule has 1 heterocycles. The maximum atomic E-state index is 5.56. The Balaban J connectivity index is 2.20. The maximum Gasteiger partial charge on any atom is 0.0715 e. The summed E-state index contributed by atoms with van der Waals surface area (Å²) in [5.41, 5.74) is 0. The second-order valence-corrected chi connectivity index (χ2v) is 2.88. The van der Waals surface area contributed by atoms with Gasteiger partial charge in [-0.15, -0.1) is 23.2 Å². The smallest absolute Gasteiger partial charge is 0.0715 e. The second kappa shape index (κ2) is 3.65. The number of alkyl halides is 2. The first-order valence-corrected chi connectivity index (χ1v) is 4.21. The number of halogens is 2. The lowest BCUT2D eigenvalue weighted by molar-refractivity contribution is 0.0712. The molecule has 1 aliphatic heterocycles. The van der Waals surface area contributed by atoms with E-state index in [-0.39, 0.29) is 12.2 Å². The van der Waals surface area contributed by atoms with Crippen LogP contribution in [-0.4, -0.2) is 24.0 Å². The standard InChI is InChI=1S/C6H10Cl2O/c7-3-5-1-2-6(4-8)9-5/h5-6H,1-4H2. The zero-order valence-electron chi connectivity index (χ0n) is 5.15. The first-order valence-electron chi connectivity index (χ1n) is 3.14. The Morgan fingerprint density at radius 3 is 1.78 bits per heavy atom. The molecule has 0 bridgehead atoms. The monoisotopic (exact) mass is 168 g/mol. The predicted molar refractivity (Wildman–Crippen MR) is 39.3 cm³/mol. The minimum absolute atomic E-state index is 0.260. The van der Waals surface area contributed by atoms with E-state index in [1.807, 2.05) is 0 Å². The van der Waals surface area contributed by atoms with Crippen LogP contribution in [0.1, 0.15) is 12.8 Å². The highest BCUT2D eigenvalue weighted by atomic mass is 35.5. The molecule has 1 nitrogen and oxygen atoms in total. The van der Waals surface area contributed by atoms with Gasteiger partial charge in [0.05, 0.1) is 12.2 Å². The van der Waals surface area contributed by atoms with Gasteiger partial charge in [-0.2, -0.15) is 0 Å². The normalized spacial score (nSPS) is 35.3. The van der Waals surface area contributed by atoms with E-state index in [2.05, 4.69) is 0 Å². The van der Waals surface area contributed by atoms with Crippen molar-refractivity contribution < 1.29 is 4.74 Å². The third-order valence-corrected chi connectivity index (χ3v) is 2.23. The molecule has 0 amide bonds. The van der Waals surface area contributed by atoms with Crippen molar-refractivity contribution in [3.63, 3.8) is 0 Å². The van der Waals surface area contributed by atoms with Gasteiger partial charge in [0.1, 0.15) is 0 Å². The van der Waals surface area contributed by atoms with Crippen molar-refractivity contribution in [3.8, 4) is 0 Å². The third kappa shape index (κ3) is 1.99. The largest absolute Gasteiger partial charge is 0.373 e. The van der Waals surface area contributed by atoms with E-state index in [1.54, 1.807) is 0 Å². The molecule has 0 aromatic carbocycles. The molecule has 1 rings (SSSR count). The van der Waals surface area contributed by atoms with Crippen molar-refractivity contribution in [1.29, 1.82) is 0 Å². The Morgan fingerprint density at radius 1 is 1.11 bits per heavy atom. The highest BCUT2D eigenvalue weighted by molar-refractivity contribution is 6.18. The molecule has 1 fully saturated rings. The van der Waals surface area contributed by atoms with Gasteiger partial charge in [0.2, 0.25) is 0 Å². The van der Waals surface area contributed by atoms with Crippen molar-refractivity contribution in [2.75, 3.05) is 11.8 Å². The average molecular weight is 169 g/mol. The van der Waals surface area contributed by atoms with Crippen LogP contribution in [-0.2, 0) is 4.74 Å². The summed E-state index contributed by atoms with van der Waals surface area (Å²) in [4.78, 5) is 0. The summed E-state index contributed by atoms with van der Waals surface area (Å²) in [6, 6.07) is 0. The van der Waals surface area contributed by atoms with E-state index in [4.69, 9.17) is 27.9 Å². The molecule has 2 unspecified atom stereocenters. The fourth-order valence-corrected chi connectivity index (χ4v) is 1.46. The molecule has 0 radical (unpaired) electrons. The fraction of sp³-hybridized carbons (Fsp3) is 1.00. The Hall–Kier alpha value is 0.540. The van der Waals surface area contributed by atoms with Crippen molar-refractivity contribution in [2.24, 2.45) is 0 Å². The molecule has 3 heteroatoms. The van der Waals surface area contributed by atoms with E-state index in [1.165, 1.54) is 0 Å². The van der Waals surface area contributed by atoms with E-state index in [0.717, 1.165) is 12.8 Å². The topological polar surface area (TPSA) is 9.23 Å². The van der Waals surface area contributed by atoms with E-state index in [9.17, 15) is 0 Å². The summed E-state index contributed by atoms with van der Waals surface area (Å²) in [6.07, 6.45) is 2.66. The van der Waals surface area contributed by atoms with Crippen LogP contribution < -0.4 is 0 Å². The first kappa shape index (κ1) is 7.64. The van der Waals surface area contributed by atoms with E-state index < -0.39 is 0 Å². The Kier molecular flexibility index (Phi) is 3.10. The molecular weight excluding hydrogens is 159 g/mol. The molecule has 9 heavy (non-hydrogen) atoms. The van der Waals surface area contributed by atoms with Crippen LogP contribution in [0.5, 0.6) is 0 Å². The molecule has 1 saturated heterocycles. The molecule has 1 aliphatic rings. The molecule has 2 atom stereocenters. The average Bonchev–Trinajstić information content (AvgIpc) is 2.34. The van der Waals surface area contributed by atoms with Gasteiger partial charge in [-0.3, -0.25) is 0 Å². The summed E-state index contributed by atoms with van der Waals surface area (Å²) < 4.78 is 5.40. The fourth-order valence-electron chi connectivity index (χ4n) is 1.01. The molecule has 0 aliphatic carbocycles. The lowest BCUT2D eigenvalue weighted by atomic mass is 10.2. The first-order chi connectivity index (χ1) is 4.36. The SMILES string of the molecule is ClCC1CCC(CCl)O1. The molecule has 0 spiro atoms. The zero-order valence-corrected chi connectivity index (χ0v) is 6.66. The van der Waals surface area contributed by atoms with E-state index >= 15 is 0 Å². The van der Waals surface area contributed by atoms with Crippen molar-refractivity contribution in [2.45, 2.75) is 25.0 Å². The predicted octanol–water partition coefficient (Wildman–Crippen LogP) is 2.01. The number of hydrogen-bond donors (Lipinski definition) is 0. The Bertz CT molecular complexity index is 77.1. The van der Waals surface area contributed by atoms with Gasteiger partial charge in [0.15, 0.2) is 0 Å². The maximum absolute atomic E-state index is 5.56. The van der Waals surface area contributed by atoms with Gasteiger partial charge in [-0.1, -0.05) is 0 Å². The van der Waals surface area contributed by atoms with Crippen LogP contribution in [0.2, 0.25) is 0 Å². The molecule has 0 aromatic rings. The van der Waals surface area contributed by atoms with Crippen molar-refractivity contribution >= 4 is 23.2 Å². The number of rotatable bonds is 2. The number of ether oxygens (including phenoxy) is 1. The van der Waals surface area contributed by atoms with E-state index in [0.29, 0.717) is 11.8 Å². The van der Waals surface area contributed by atoms with Gasteiger partial charge in [-0.25, -0.2) is 0 Å². The highest BCUT2D eigenvalue weighted by Gasteiger charge is 2.22. The highest BCUT2D eigenvalue weighted by Crippen LogP contribution is 2.20. The minimum Gasteiger partial charge on any atom is -0.373 e. The van der Waals surface area contributed by atoms with Crippen LogP contribution in [0.25, 0.3) is 0 Å². The molecule has 0 N–H and O–H groups in total. The Morgan fingerprint density at radius 2 is 1.56 bits per heavy atom. The van der Waals surface area contributed by atoms with Crippen LogP contribution >= 0.6 is 23.2 Å². The second-order valence-electron chi connectivity index (χ2n) is 2.27. The van der Waals surface area contributed by atoms with Gasteiger partial charge >= 0.3 is 0 Å². The van der Waals surface area contributed by atoms with Gasteiger partial charge < -0.3 is 4.74 Å². The lowest BCUT2D eigenvalue weighted by Gasteiger charge is -2.06. The van der Waals surface area contributed by atoms with Crippen LogP contribution in [0.3, 0.4) is 0 Å². The lowest BCUT2D eigenvalue weighted by Crippen LogP contribution is -2.12. The van der Waals surface area contributed by atoms with Crippen LogP contribution in [0.15, 0.2) is 0 Å². The van der Waals surface area contributed by atoms with Crippen LogP contribution in [0, 0.1) is 0 Å². The molecule has 54 valence electrons. The molecule has 0 saturated carbocycles. The Labute approximate surface area is 65.3 Å². The minimum atomic E-state index is 0.260. The van der Waals surface area contributed by atoms with Crippen molar-refractivity contribution in [1.82, 2.24) is 0 Å². The summed E-state index contributed by atoms with van der Waals surface area (Å²) >= 11 is 11.1. The molecular formula is C6H10Cl2O. The summed E-state index contributed by atoms with van der Waals surface area (Å²) in [6.45, 7) is 0. The summed E-state index contributed by atoms with van der Waals surface area (Å²) in [7, 11) is 0. The van der Waals surface area contributed by atoms with Gasteiger partial charge in [0.25, 0.3) is 0 Å². The summed E-state index contributed by atoms with van der Waals surface area (Å²) in [5, 5.41) is 0. The van der Waals surface area contributed by atoms with Crippen molar-refractivity contribution in [3.05, 3.63) is 0 Å². The van der Waals surface area contributed by atoms with Gasteiger partial charge in [-0.05, 0) is 12.8 Å². The zero-order chi connectivity index (χ0) is 6.69. The number of hydrogen-bond acceptors (Lipinski definition) is 1.